The maximum absolute atomic E-state index is 12.1. The van der Waals surface area contributed by atoms with Crippen molar-refractivity contribution in [1.82, 2.24) is 10.6 Å². The van der Waals surface area contributed by atoms with Crippen molar-refractivity contribution in [3.05, 3.63) is 29.8 Å². The highest BCUT2D eigenvalue weighted by molar-refractivity contribution is 5.82. The van der Waals surface area contributed by atoms with E-state index in [0.29, 0.717) is 25.1 Å². The van der Waals surface area contributed by atoms with E-state index in [1.165, 1.54) is 18.2 Å². The van der Waals surface area contributed by atoms with Gasteiger partial charge in [-0.2, -0.15) is 0 Å². The molecule has 1 amide bonds. The monoisotopic (exact) mass is 274 g/mol. The van der Waals surface area contributed by atoms with Crippen molar-refractivity contribution < 1.29 is 22.7 Å². The first-order valence-corrected chi connectivity index (χ1v) is 5.80. The van der Waals surface area contributed by atoms with Crippen molar-refractivity contribution >= 4 is 5.91 Å². The molecular formula is C12H13F3N2O2. The predicted molar refractivity (Wildman–Crippen MR) is 61.6 cm³/mol. The largest absolute Gasteiger partial charge is 0.573 e. The molecule has 2 N–H and O–H groups in total. The molecule has 0 radical (unpaired) electrons. The first kappa shape index (κ1) is 13.7. The molecule has 104 valence electrons. The van der Waals surface area contributed by atoms with Crippen LogP contribution in [0.2, 0.25) is 0 Å². The van der Waals surface area contributed by atoms with Gasteiger partial charge in [-0.05, 0) is 24.1 Å². The lowest BCUT2D eigenvalue weighted by atomic mass is 10.0. The SMILES string of the molecule is O=C1NCCNC1Cc1cccc(OC(F)(F)F)c1. The second-order valence-corrected chi connectivity index (χ2v) is 4.20. The second kappa shape index (κ2) is 5.48. The van der Waals surface area contributed by atoms with E-state index in [-0.39, 0.29) is 11.7 Å². The third-order valence-electron chi connectivity index (χ3n) is 2.70. The maximum atomic E-state index is 12.1. The molecule has 2 rings (SSSR count). The fourth-order valence-corrected chi connectivity index (χ4v) is 1.92. The zero-order valence-electron chi connectivity index (χ0n) is 9.96. The standard InChI is InChI=1S/C12H13F3N2O2/c13-12(14,15)19-9-3-1-2-8(6-9)7-10-11(18)17-5-4-16-10/h1-3,6,10,16H,4-5,7H2,(H,17,18). The van der Waals surface area contributed by atoms with Gasteiger partial charge in [-0.15, -0.1) is 13.2 Å². The van der Waals surface area contributed by atoms with Crippen molar-refractivity contribution in [3.63, 3.8) is 0 Å². The average molecular weight is 274 g/mol. The highest BCUT2D eigenvalue weighted by Crippen LogP contribution is 2.23. The summed E-state index contributed by atoms with van der Waals surface area (Å²) in [6.07, 6.45) is -4.39. The highest BCUT2D eigenvalue weighted by atomic mass is 19.4. The third-order valence-corrected chi connectivity index (χ3v) is 2.70. The molecule has 0 spiro atoms. The number of benzene rings is 1. The van der Waals surface area contributed by atoms with Gasteiger partial charge in [0.2, 0.25) is 5.91 Å². The quantitative estimate of drug-likeness (QED) is 0.871. The summed E-state index contributed by atoms with van der Waals surface area (Å²) in [6, 6.07) is 5.22. The third kappa shape index (κ3) is 4.13. The van der Waals surface area contributed by atoms with Crippen LogP contribution in [-0.4, -0.2) is 31.4 Å². The van der Waals surface area contributed by atoms with Gasteiger partial charge in [0, 0.05) is 13.1 Å². The Balaban J connectivity index is 2.04. The number of ether oxygens (including phenoxy) is 1. The molecule has 0 saturated carbocycles. The van der Waals surface area contributed by atoms with Crippen LogP contribution in [0.4, 0.5) is 13.2 Å². The minimum atomic E-state index is -4.71. The first-order valence-electron chi connectivity index (χ1n) is 5.80. The summed E-state index contributed by atoms with van der Waals surface area (Å²) < 4.78 is 40.1. The summed E-state index contributed by atoms with van der Waals surface area (Å²) in [5, 5.41) is 5.70. The predicted octanol–water partition coefficient (Wildman–Crippen LogP) is 1.22. The van der Waals surface area contributed by atoms with Crippen LogP contribution in [0.3, 0.4) is 0 Å². The number of carbonyl (C=O) groups is 1. The number of hydrogen-bond donors (Lipinski definition) is 2. The number of amides is 1. The zero-order valence-corrected chi connectivity index (χ0v) is 9.96. The Morgan fingerprint density at radius 2 is 2.11 bits per heavy atom. The van der Waals surface area contributed by atoms with E-state index in [2.05, 4.69) is 15.4 Å². The van der Waals surface area contributed by atoms with Crippen molar-refractivity contribution in [2.24, 2.45) is 0 Å². The molecule has 1 aromatic rings. The Morgan fingerprint density at radius 1 is 1.32 bits per heavy atom. The molecule has 1 saturated heterocycles. The van der Waals surface area contributed by atoms with Gasteiger partial charge in [0.25, 0.3) is 0 Å². The average Bonchev–Trinajstić information content (AvgIpc) is 2.30. The van der Waals surface area contributed by atoms with Crippen LogP contribution in [-0.2, 0) is 11.2 Å². The first-order chi connectivity index (χ1) is 8.94. The van der Waals surface area contributed by atoms with E-state index in [9.17, 15) is 18.0 Å². The van der Waals surface area contributed by atoms with E-state index in [0.717, 1.165) is 0 Å². The number of piperazine rings is 1. The number of halogens is 3. The fraction of sp³-hybridized carbons (Fsp3) is 0.417. The summed E-state index contributed by atoms with van der Waals surface area (Å²) >= 11 is 0. The van der Waals surface area contributed by atoms with Crippen LogP contribution in [0.15, 0.2) is 24.3 Å². The van der Waals surface area contributed by atoms with E-state index >= 15 is 0 Å². The van der Waals surface area contributed by atoms with E-state index in [4.69, 9.17) is 0 Å². The molecule has 1 unspecified atom stereocenters. The Hall–Kier alpha value is -1.76. The maximum Gasteiger partial charge on any atom is 0.573 e. The summed E-state index contributed by atoms with van der Waals surface area (Å²) in [4.78, 5) is 11.5. The normalized spacial score (nSPS) is 19.9. The summed E-state index contributed by atoms with van der Waals surface area (Å²) in [6.45, 7) is 1.21. The lowest BCUT2D eigenvalue weighted by Crippen LogP contribution is -2.53. The smallest absolute Gasteiger partial charge is 0.406 e. The molecule has 0 aromatic heterocycles. The number of alkyl halides is 3. The Bertz CT molecular complexity index is 463. The van der Waals surface area contributed by atoms with Crippen LogP contribution in [0.1, 0.15) is 5.56 Å². The second-order valence-electron chi connectivity index (χ2n) is 4.20. The number of rotatable bonds is 3. The van der Waals surface area contributed by atoms with E-state index < -0.39 is 12.4 Å². The molecule has 19 heavy (non-hydrogen) atoms. The summed E-state index contributed by atoms with van der Waals surface area (Å²) in [7, 11) is 0. The van der Waals surface area contributed by atoms with Crippen molar-refractivity contribution in [2.75, 3.05) is 13.1 Å². The molecule has 0 bridgehead atoms. The van der Waals surface area contributed by atoms with Gasteiger partial charge in [-0.1, -0.05) is 12.1 Å². The van der Waals surface area contributed by atoms with Crippen molar-refractivity contribution in [3.8, 4) is 5.75 Å². The Kier molecular flexibility index (Phi) is 3.94. The van der Waals surface area contributed by atoms with Crippen LogP contribution in [0.25, 0.3) is 0 Å². The number of hydrogen-bond acceptors (Lipinski definition) is 3. The minimum absolute atomic E-state index is 0.145. The van der Waals surface area contributed by atoms with Crippen molar-refractivity contribution in [1.29, 1.82) is 0 Å². The van der Waals surface area contributed by atoms with Gasteiger partial charge in [-0.25, -0.2) is 0 Å². The minimum Gasteiger partial charge on any atom is -0.406 e. The highest BCUT2D eigenvalue weighted by Gasteiger charge is 2.31. The molecule has 1 aliphatic rings. The van der Waals surface area contributed by atoms with Crippen LogP contribution in [0, 0.1) is 0 Å². The van der Waals surface area contributed by atoms with Crippen LogP contribution < -0.4 is 15.4 Å². The van der Waals surface area contributed by atoms with Gasteiger partial charge in [0.15, 0.2) is 0 Å². The summed E-state index contributed by atoms with van der Waals surface area (Å²) in [5.74, 6) is -0.422. The van der Waals surface area contributed by atoms with Gasteiger partial charge in [-0.3, -0.25) is 4.79 Å². The van der Waals surface area contributed by atoms with Crippen molar-refractivity contribution in [2.45, 2.75) is 18.8 Å². The Labute approximate surface area is 107 Å². The lowest BCUT2D eigenvalue weighted by Gasteiger charge is -2.23. The summed E-state index contributed by atoms with van der Waals surface area (Å²) in [5.41, 5.74) is 0.608. The van der Waals surface area contributed by atoms with Gasteiger partial charge >= 0.3 is 6.36 Å². The van der Waals surface area contributed by atoms with E-state index in [1.807, 2.05) is 0 Å². The van der Waals surface area contributed by atoms with Crippen LogP contribution in [0.5, 0.6) is 5.75 Å². The van der Waals surface area contributed by atoms with E-state index in [1.54, 1.807) is 6.07 Å². The molecule has 4 nitrogen and oxygen atoms in total. The topological polar surface area (TPSA) is 50.4 Å². The Morgan fingerprint density at radius 3 is 2.79 bits per heavy atom. The van der Waals surface area contributed by atoms with Gasteiger partial charge < -0.3 is 15.4 Å². The molecule has 7 heteroatoms. The fourth-order valence-electron chi connectivity index (χ4n) is 1.92. The number of carbonyl (C=O) groups excluding carboxylic acids is 1. The molecular weight excluding hydrogens is 261 g/mol. The zero-order chi connectivity index (χ0) is 13.9. The molecule has 0 aliphatic carbocycles. The van der Waals surface area contributed by atoms with Crippen LogP contribution >= 0.6 is 0 Å². The molecule has 1 aromatic carbocycles. The number of nitrogens with one attached hydrogen (secondary N) is 2. The van der Waals surface area contributed by atoms with Gasteiger partial charge in [0.05, 0.1) is 6.04 Å². The molecule has 1 fully saturated rings. The molecule has 1 heterocycles. The molecule has 1 atom stereocenters. The van der Waals surface area contributed by atoms with Gasteiger partial charge in [0.1, 0.15) is 5.75 Å². The lowest BCUT2D eigenvalue weighted by molar-refractivity contribution is -0.274. The molecule has 1 aliphatic heterocycles.